The Balaban J connectivity index is 2.38. The maximum absolute atomic E-state index is 13.0. The molecule has 2 aromatic carbocycles. The van der Waals surface area contributed by atoms with Gasteiger partial charge in [0, 0.05) is 32.0 Å². The number of carbonyl (C=O) groups is 1. The van der Waals surface area contributed by atoms with Crippen LogP contribution < -0.4 is 5.32 Å². The molecule has 0 amide bonds. The predicted octanol–water partition coefficient (Wildman–Crippen LogP) is 4.37. The van der Waals surface area contributed by atoms with E-state index in [2.05, 4.69) is 5.32 Å². The highest BCUT2D eigenvalue weighted by molar-refractivity contribution is 7.54. The van der Waals surface area contributed by atoms with E-state index in [1.54, 1.807) is 37.3 Å². The molecule has 0 aromatic heterocycles. The summed E-state index contributed by atoms with van der Waals surface area (Å²) in [6.07, 6.45) is 0. The lowest BCUT2D eigenvalue weighted by atomic mass is 10.1. The van der Waals surface area contributed by atoms with Gasteiger partial charge in [-0.05, 0) is 36.8 Å². The molecule has 0 fully saturated rings. The summed E-state index contributed by atoms with van der Waals surface area (Å²) in [5.74, 6) is -1.46. The van der Waals surface area contributed by atoms with Crippen LogP contribution in [0.25, 0.3) is 0 Å². The van der Waals surface area contributed by atoms with Crippen LogP contribution in [0, 0.1) is 10.1 Å². The number of carbonyl (C=O) groups excluding carboxylic acids is 1. The fraction of sp³-hybridized carbons (Fsp3) is 0.278. The zero-order chi connectivity index (χ0) is 20.7. The van der Waals surface area contributed by atoms with E-state index >= 15 is 0 Å². The Hall–Kier alpha value is -2.74. The number of ether oxygens (including phenoxy) is 1. The van der Waals surface area contributed by atoms with Gasteiger partial charge in [0.2, 0.25) is 0 Å². The molecule has 0 aliphatic heterocycles. The van der Waals surface area contributed by atoms with Gasteiger partial charge in [-0.25, -0.2) is 4.79 Å². The van der Waals surface area contributed by atoms with Crippen molar-refractivity contribution in [1.82, 2.24) is 0 Å². The average Bonchev–Trinajstić information content (AvgIpc) is 2.72. The molecule has 2 aromatic rings. The fourth-order valence-corrected chi connectivity index (χ4v) is 3.92. The van der Waals surface area contributed by atoms with Crippen LogP contribution in [0.3, 0.4) is 0 Å². The van der Waals surface area contributed by atoms with Crippen molar-refractivity contribution >= 4 is 24.9 Å². The summed E-state index contributed by atoms with van der Waals surface area (Å²) in [5, 5.41) is 14.1. The average molecular weight is 408 g/mol. The Kier molecular flexibility index (Phi) is 7.28. The topological polar surface area (TPSA) is 117 Å². The number of hydrogen-bond acceptors (Lipinski definition) is 8. The molecular weight excluding hydrogens is 387 g/mol. The highest BCUT2D eigenvalue weighted by Gasteiger charge is 2.36. The molecule has 0 aliphatic carbocycles. The van der Waals surface area contributed by atoms with Crippen molar-refractivity contribution in [3.8, 4) is 0 Å². The minimum Gasteiger partial charge on any atom is -0.462 e. The largest absolute Gasteiger partial charge is 0.462 e. The third kappa shape index (κ3) is 4.95. The lowest BCUT2D eigenvalue weighted by molar-refractivity contribution is -0.384. The molecule has 0 spiro atoms. The van der Waals surface area contributed by atoms with Crippen molar-refractivity contribution in [3.63, 3.8) is 0 Å². The molecule has 0 radical (unpaired) electrons. The Morgan fingerprint density at radius 3 is 2.36 bits per heavy atom. The van der Waals surface area contributed by atoms with E-state index in [-0.39, 0.29) is 12.3 Å². The Labute approximate surface area is 162 Å². The first-order chi connectivity index (χ1) is 13.3. The number of rotatable bonds is 9. The number of benzene rings is 2. The van der Waals surface area contributed by atoms with Crippen molar-refractivity contribution in [1.29, 1.82) is 0 Å². The predicted molar refractivity (Wildman–Crippen MR) is 103 cm³/mol. The van der Waals surface area contributed by atoms with E-state index in [9.17, 15) is 19.5 Å². The van der Waals surface area contributed by atoms with Crippen LogP contribution >= 0.6 is 7.60 Å². The summed E-state index contributed by atoms with van der Waals surface area (Å²) in [4.78, 5) is 22.3. The summed E-state index contributed by atoms with van der Waals surface area (Å²) in [5.41, 5.74) is 1.08. The van der Waals surface area contributed by atoms with Crippen molar-refractivity contribution < 1.29 is 28.1 Å². The van der Waals surface area contributed by atoms with E-state index in [0.717, 1.165) is 0 Å². The Morgan fingerprint density at radius 1 is 1.18 bits per heavy atom. The van der Waals surface area contributed by atoms with Gasteiger partial charge in [-0.15, -0.1) is 0 Å². The molecule has 0 saturated heterocycles. The fourth-order valence-electron chi connectivity index (χ4n) is 2.51. The molecule has 0 bridgehead atoms. The molecule has 0 unspecified atom stereocenters. The quantitative estimate of drug-likeness (QED) is 0.281. The molecule has 10 heteroatoms. The van der Waals surface area contributed by atoms with E-state index in [1.165, 1.54) is 32.4 Å². The summed E-state index contributed by atoms with van der Waals surface area (Å²) < 4.78 is 28.2. The van der Waals surface area contributed by atoms with E-state index < -0.39 is 24.3 Å². The highest BCUT2D eigenvalue weighted by Crippen LogP contribution is 2.59. The number of nitro groups is 1. The standard InChI is InChI=1S/C18H21N2O7P/c1-4-27-18(21)13-8-10-15(11-9-13)19-17(28(24,25-2)26-3)14-6-5-7-16(12-14)20(22)23/h5-12,17,19H,4H2,1-3H3/t17-/m0/s1. The summed E-state index contributed by atoms with van der Waals surface area (Å²) in [6.45, 7) is 1.98. The van der Waals surface area contributed by atoms with Crippen LogP contribution in [0.4, 0.5) is 11.4 Å². The van der Waals surface area contributed by atoms with Crippen LogP contribution in [0.5, 0.6) is 0 Å². The van der Waals surface area contributed by atoms with Gasteiger partial charge in [0.1, 0.15) is 0 Å². The van der Waals surface area contributed by atoms with Crippen molar-refractivity contribution in [2.24, 2.45) is 0 Å². The van der Waals surface area contributed by atoms with Gasteiger partial charge >= 0.3 is 13.6 Å². The second kappa shape index (κ2) is 9.45. The first-order valence-electron chi connectivity index (χ1n) is 8.34. The molecule has 0 saturated carbocycles. The van der Waals surface area contributed by atoms with Gasteiger partial charge in [-0.3, -0.25) is 14.7 Å². The first-order valence-corrected chi connectivity index (χ1v) is 9.95. The number of non-ortho nitro benzene ring substituents is 1. The SMILES string of the molecule is CCOC(=O)c1ccc(N[C@H](c2cccc([N+](=O)[O-])c2)P(=O)(OC)OC)cc1. The van der Waals surface area contributed by atoms with Crippen LogP contribution in [-0.4, -0.2) is 31.7 Å². The Bertz CT molecular complexity index is 878. The molecule has 0 aliphatic rings. The number of hydrogen-bond donors (Lipinski definition) is 1. The van der Waals surface area contributed by atoms with Gasteiger partial charge in [0.05, 0.1) is 17.1 Å². The van der Waals surface area contributed by atoms with Crippen LogP contribution in [0.1, 0.15) is 28.6 Å². The lowest BCUT2D eigenvalue weighted by Gasteiger charge is -2.26. The van der Waals surface area contributed by atoms with Crippen LogP contribution in [-0.2, 0) is 18.3 Å². The van der Waals surface area contributed by atoms with Crippen molar-refractivity contribution in [2.75, 3.05) is 26.1 Å². The number of esters is 1. The van der Waals surface area contributed by atoms with Gasteiger partial charge in [0.15, 0.2) is 5.78 Å². The van der Waals surface area contributed by atoms with Gasteiger partial charge < -0.3 is 19.1 Å². The van der Waals surface area contributed by atoms with E-state index in [4.69, 9.17) is 13.8 Å². The van der Waals surface area contributed by atoms with Crippen LogP contribution in [0.2, 0.25) is 0 Å². The first kappa shape index (κ1) is 21.6. The molecular formula is C18H21N2O7P. The lowest BCUT2D eigenvalue weighted by Crippen LogP contribution is -2.14. The van der Waals surface area contributed by atoms with Crippen LogP contribution in [0.15, 0.2) is 48.5 Å². The maximum atomic E-state index is 13.0. The molecule has 9 nitrogen and oxygen atoms in total. The third-order valence-electron chi connectivity index (χ3n) is 3.92. The highest BCUT2D eigenvalue weighted by atomic mass is 31.2. The van der Waals surface area contributed by atoms with Gasteiger partial charge in [0.25, 0.3) is 5.69 Å². The second-order valence-corrected chi connectivity index (χ2v) is 7.93. The van der Waals surface area contributed by atoms with Crippen molar-refractivity contribution in [3.05, 3.63) is 69.8 Å². The molecule has 2 rings (SSSR count). The van der Waals surface area contributed by atoms with Crippen molar-refractivity contribution in [2.45, 2.75) is 12.7 Å². The minimum atomic E-state index is -3.70. The zero-order valence-corrected chi connectivity index (χ0v) is 16.5. The van der Waals surface area contributed by atoms with E-state index in [0.29, 0.717) is 16.8 Å². The summed E-state index contributed by atoms with van der Waals surface area (Å²) in [6, 6.07) is 12.0. The zero-order valence-electron chi connectivity index (χ0n) is 15.7. The monoisotopic (exact) mass is 408 g/mol. The summed E-state index contributed by atoms with van der Waals surface area (Å²) in [7, 11) is -1.22. The number of anilines is 1. The smallest absolute Gasteiger partial charge is 0.356 e. The van der Waals surface area contributed by atoms with E-state index in [1.807, 2.05) is 0 Å². The number of nitrogens with zero attached hydrogens (tertiary/aromatic N) is 1. The number of nitrogens with one attached hydrogen (secondary N) is 1. The third-order valence-corrected chi connectivity index (χ3v) is 6.00. The minimum absolute atomic E-state index is 0.152. The normalized spacial score (nSPS) is 12.2. The Morgan fingerprint density at radius 2 is 1.82 bits per heavy atom. The second-order valence-electron chi connectivity index (χ2n) is 5.60. The van der Waals surface area contributed by atoms with Gasteiger partial charge in [-0.1, -0.05) is 12.1 Å². The summed E-state index contributed by atoms with van der Waals surface area (Å²) >= 11 is 0. The molecule has 28 heavy (non-hydrogen) atoms. The maximum Gasteiger partial charge on any atom is 0.356 e. The molecule has 1 N–H and O–H groups in total. The molecule has 150 valence electrons. The molecule has 1 atom stereocenters. The van der Waals surface area contributed by atoms with Gasteiger partial charge in [-0.2, -0.15) is 0 Å². The molecule has 0 heterocycles. The number of nitro benzene ring substituents is 1.